The van der Waals surface area contributed by atoms with Crippen molar-refractivity contribution in [3.63, 3.8) is 0 Å². The lowest BCUT2D eigenvalue weighted by molar-refractivity contribution is -0.153. The summed E-state index contributed by atoms with van der Waals surface area (Å²) in [7, 11) is 0. The summed E-state index contributed by atoms with van der Waals surface area (Å²) in [4.78, 5) is 39.0. The van der Waals surface area contributed by atoms with Crippen LogP contribution >= 0.6 is 0 Å². The van der Waals surface area contributed by atoms with Crippen LogP contribution in [0.5, 0.6) is 0 Å². The summed E-state index contributed by atoms with van der Waals surface area (Å²) < 4.78 is 7.18. The van der Waals surface area contributed by atoms with E-state index >= 15 is 0 Å². The SMILES string of the molecule is CC[C@@H](NC(=O)OCC1c2ccccc2-c2ccccc21)C(=O)N1Cc2nncn2CC1C(=O)O. The Morgan fingerprint density at radius 2 is 1.77 bits per heavy atom. The zero-order chi connectivity index (χ0) is 24.5. The number of hydrogen-bond acceptors (Lipinski definition) is 6. The summed E-state index contributed by atoms with van der Waals surface area (Å²) in [5, 5.41) is 20.0. The first-order valence-corrected chi connectivity index (χ1v) is 11.5. The molecule has 2 aromatic carbocycles. The Hall–Kier alpha value is -4.21. The number of ether oxygens (including phenoxy) is 1. The molecule has 180 valence electrons. The molecule has 10 nitrogen and oxygen atoms in total. The van der Waals surface area contributed by atoms with Gasteiger partial charge in [0.15, 0.2) is 5.82 Å². The van der Waals surface area contributed by atoms with Gasteiger partial charge in [0.2, 0.25) is 5.91 Å². The van der Waals surface area contributed by atoms with Crippen LogP contribution in [0.2, 0.25) is 0 Å². The van der Waals surface area contributed by atoms with Gasteiger partial charge in [0.1, 0.15) is 25.0 Å². The molecule has 0 saturated heterocycles. The van der Waals surface area contributed by atoms with E-state index in [1.807, 2.05) is 36.4 Å². The number of aromatic nitrogens is 3. The highest BCUT2D eigenvalue weighted by molar-refractivity contribution is 5.89. The largest absolute Gasteiger partial charge is 0.480 e. The second kappa shape index (κ2) is 9.21. The van der Waals surface area contributed by atoms with E-state index in [1.54, 1.807) is 11.5 Å². The van der Waals surface area contributed by atoms with Crippen molar-refractivity contribution in [3.8, 4) is 11.1 Å². The third-order valence-electron chi connectivity index (χ3n) is 6.66. The maximum absolute atomic E-state index is 13.2. The molecule has 2 N–H and O–H groups in total. The minimum atomic E-state index is -1.13. The number of nitrogens with one attached hydrogen (secondary N) is 1. The van der Waals surface area contributed by atoms with Crippen molar-refractivity contribution in [1.82, 2.24) is 25.0 Å². The first-order valence-electron chi connectivity index (χ1n) is 11.5. The highest BCUT2D eigenvalue weighted by Crippen LogP contribution is 2.44. The van der Waals surface area contributed by atoms with Crippen LogP contribution in [0.25, 0.3) is 11.1 Å². The summed E-state index contributed by atoms with van der Waals surface area (Å²) in [5.74, 6) is -1.24. The van der Waals surface area contributed by atoms with Gasteiger partial charge in [-0.3, -0.25) is 4.79 Å². The van der Waals surface area contributed by atoms with E-state index in [9.17, 15) is 19.5 Å². The standard InChI is InChI=1S/C25H25N5O5/c1-2-20(23(31)30-12-22-28-26-14-29(22)11-21(30)24(32)33)27-25(34)35-13-19-17-9-5-3-7-15(17)16-8-4-6-10-18(16)19/h3-10,14,19-21H,2,11-13H2,1H3,(H,27,34)(H,32,33)/t20-,21?/m1/s1. The average Bonchev–Trinajstić information content (AvgIpc) is 3.46. The van der Waals surface area contributed by atoms with E-state index in [2.05, 4.69) is 27.6 Å². The molecule has 0 spiro atoms. The lowest BCUT2D eigenvalue weighted by Crippen LogP contribution is -2.56. The Balaban J connectivity index is 1.26. The number of carboxylic acid groups (broad SMARTS) is 1. The number of carbonyl (C=O) groups is 3. The Morgan fingerprint density at radius 1 is 1.11 bits per heavy atom. The summed E-state index contributed by atoms with van der Waals surface area (Å²) >= 11 is 0. The maximum Gasteiger partial charge on any atom is 0.407 e. The fraction of sp³-hybridized carbons (Fsp3) is 0.320. The summed E-state index contributed by atoms with van der Waals surface area (Å²) in [6.07, 6.45) is 0.997. The number of rotatable bonds is 6. The van der Waals surface area contributed by atoms with Crippen LogP contribution in [0.3, 0.4) is 0 Å². The van der Waals surface area contributed by atoms with Gasteiger partial charge in [0, 0.05) is 5.92 Å². The van der Waals surface area contributed by atoms with Crippen molar-refractivity contribution in [2.24, 2.45) is 0 Å². The van der Waals surface area contributed by atoms with E-state index in [0.29, 0.717) is 5.82 Å². The predicted octanol–water partition coefficient (Wildman–Crippen LogP) is 2.39. The van der Waals surface area contributed by atoms with Crippen LogP contribution in [0.15, 0.2) is 54.9 Å². The second-order valence-corrected chi connectivity index (χ2v) is 8.65. The molecule has 2 amide bonds. The first-order chi connectivity index (χ1) is 17.0. The molecule has 35 heavy (non-hydrogen) atoms. The highest BCUT2D eigenvalue weighted by atomic mass is 16.5. The smallest absolute Gasteiger partial charge is 0.407 e. The highest BCUT2D eigenvalue weighted by Gasteiger charge is 2.38. The zero-order valence-corrected chi connectivity index (χ0v) is 19.1. The molecule has 0 saturated carbocycles. The van der Waals surface area contributed by atoms with Gasteiger partial charge >= 0.3 is 12.1 Å². The molecule has 10 heteroatoms. The van der Waals surface area contributed by atoms with Crippen molar-refractivity contribution in [2.45, 2.75) is 44.4 Å². The van der Waals surface area contributed by atoms with E-state index in [4.69, 9.17) is 4.74 Å². The topological polar surface area (TPSA) is 127 Å². The van der Waals surface area contributed by atoms with Crippen LogP contribution in [0.4, 0.5) is 4.79 Å². The van der Waals surface area contributed by atoms with Crippen molar-refractivity contribution in [1.29, 1.82) is 0 Å². The Labute approximate surface area is 201 Å². The number of hydrogen-bond donors (Lipinski definition) is 2. The number of aliphatic carboxylic acids is 1. The van der Waals surface area contributed by atoms with Crippen molar-refractivity contribution >= 4 is 18.0 Å². The Kier molecular flexibility index (Phi) is 5.94. The molecule has 1 aliphatic heterocycles. The van der Waals surface area contributed by atoms with E-state index in [0.717, 1.165) is 22.3 Å². The molecular formula is C25H25N5O5. The van der Waals surface area contributed by atoms with Crippen LogP contribution in [0, 0.1) is 0 Å². The molecule has 2 atom stereocenters. The zero-order valence-electron chi connectivity index (χ0n) is 19.1. The molecule has 1 unspecified atom stereocenters. The van der Waals surface area contributed by atoms with Gasteiger partial charge in [0.05, 0.1) is 13.1 Å². The van der Waals surface area contributed by atoms with E-state index < -0.39 is 30.1 Å². The van der Waals surface area contributed by atoms with Gasteiger partial charge in [-0.15, -0.1) is 10.2 Å². The van der Waals surface area contributed by atoms with E-state index in [1.165, 1.54) is 11.2 Å². The number of amides is 2. The van der Waals surface area contributed by atoms with Gasteiger partial charge in [-0.2, -0.15) is 0 Å². The molecule has 2 aliphatic rings. The van der Waals surface area contributed by atoms with Crippen LogP contribution < -0.4 is 5.32 Å². The number of alkyl carbamates (subject to hydrolysis) is 1. The number of benzene rings is 2. The Morgan fingerprint density at radius 3 is 2.40 bits per heavy atom. The molecule has 0 bridgehead atoms. The molecule has 5 rings (SSSR count). The molecular weight excluding hydrogens is 450 g/mol. The first kappa shape index (κ1) is 22.6. The van der Waals surface area contributed by atoms with Crippen LogP contribution in [-0.2, 0) is 27.4 Å². The van der Waals surface area contributed by atoms with E-state index in [-0.39, 0.29) is 32.0 Å². The number of carbonyl (C=O) groups excluding carboxylic acids is 2. The summed E-state index contributed by atoms with van der Waals surface area (Å²) in [5.41, 5.74) is 4.42. The van der Waals surface area contributed by atoms with Crippen molar-refractivity contribution < 1.29 is 24.2 Å². The minimum Gasteiger partial charge on any atom is -0.480 e. The molecule has 0 fully saturated rings. The fourth-order valence-corrected chi connectivity index (χ4v) is 4.87. The van der Waals surface area contributed by atoms with Gasteiger partial charge in [0.25, 0.3) is 0 Å². The molecule has 1 aliphatic carbocycles. The maximum atomic E-state index is 13.2. The number of fused-ring (bicyclic) bond motifs is 4. The molecule has 3 aromatic rings. The van der Waals surface area contributed by atoms with Gasteiger partial charge in [-0.1, -0.05) is 55.5 Å². The molecule has 2 heterocycles. The summed E-state index contributed by atoms with van der Waals surface area (Å²) in [6.45, 7) is 1.91. The quantitative estimate of drug-likeness (QED) is 0.560. The van der Waals surface area contributed by atoms with Gasteiger partial charge in [-0.05, 0) is 28.7 Å². The summed E-state index contributed by atoms with van der Waals surface area (Å²) in [6, 6.07) is 14.0. The second-order valence-electron chi connectivity index (χ2n) is 8.65. The predicted molar refractivity (Wildman–Crippen MR) is 124 cm³/mol. The molecule has 0 radical (unpaired) electrons. The molecule has 1 aromatic heterocycles. The fourth-order valence-electron chi connectivity index (χ4n) is 4.87. The normalized spacial score (nSPS) is 17.2. The minimum absolute atomic E-state index is 0.00132. The lowest BCUT2D eigenvalue weighted by Gasteiger charge is -2.35. The lowest BCUT2D eigenvalue weighted by atomic mass is 9.98. The monoisotopic (exact) mass is 475 g/mol. The third-order valence-corrected chi connectivity index (χ3v) is 6.66. The van der Waals surface area contributed by atoms with Crippen LogP contribution in [-0.4, -0.2) is 61.4 Å². The number of nitrogens with zero attached hydrogens (tertiary/aromatic N) is 4. The van der Waals surface area contributed by atoms with Crippen LogP contribution in [0.1, 0.15) is 36.2 Å². The van der Waals surface area contributed by atoms with Crippen molar-refractivity contribution in [3.05, 3.63) is 71.8 Å². The Bertz CT molecular complexity index is 1240. The average molecular weight is 476 g/mol. The third kappa shape index (κ3) is 4.11. The van der Waals surface area contributed by atoms with Crippen molar-refractivity contribution in [2.75, 3.05) is 6.61 Å². The van der Waals surface area contributed by atoms with Gasteiger partial charge < -0.3 is 24.6 Å². The number of carboxylic acids is 1. The van der Waals surface area contributed by atoms with Gasteiger partial charge in [-0.25, -0.2) is 9.59 Å².